The van der Waals surface area contributed by atoms with Gasteiger partial charge in [-0.1, -0.05) is 35.8 Å². The second kappa shape index (κ2) is 7.10. The van der Waals surface area contributed by atoms with E-state index in [4.69, 9.17) is 5.21 Å². The van der Waals surface area contributed by atoms with E-state index in [0.717, 1.165) is 17.1 Å². The fourth-order valence-electron chi connectivity index (χ4n) is 2.43. The number of unbranched alkanes of at least 4 members (excludes halogenated alkanes) is 3. The van der Waals surface area contributed by atoms with Gasteiger partial charge in [-0.25, -0.2) is 9.79 Å². The van der Waals surface area contributed by atoms with Crippen molar-refractivity contribution in [1.82, 2.24) is 9.79 Å². The van der Waals surface area contributed by atoms with E-state index in [-0.39, 0.29) is 18.9 Å². The number of benzene rings is 1. The van der Waals surface area contributed by atoms with Crippen LogP contribution < -0.4 is 5.48 Å². The number of hydrogen-bond donors (Lipinski definition) is 4. The van der Waals surface area contributed by atoms with Crippen LogP contribution in [0.25, 0.3) is 0 Å². The molecule has 22 heavy (non-hydrogen) atoms. The first-order valence-electron chi connectivity index (χ1n) is 7.10. The number of fused-ring (bicyclic) bond motifs is 1. The molecule has 2 amide bonds. The summed E-state index contributed by atoms with van der Waals surface area (Å²) in [5.74, 6) is -0.769. The summed E-state index contributed by atoms with van der Waals surface area (Å²) in [6, 6.07) is 6.54. The maximum absolute atomic E-state index is 12.2. The third kappa shape index (κ3) is 3.41. The van der Waals surface area contributed by atoms with Crippen molar-refractivity contribution in [2.45, 2.75) is 37.0 Å². The average Bonchev–Trinajstić information content (AvgIpc) is 2.71. The molecule has 1 aromatic carbocycles. The number of nitrogens with zero attached hydrogens (tertiary/aromatic N) is 1. The summed E-state index contributed by atoms with van der Waals surface area (Å²) < 4.78 is 21.6. The van der Waals surface area contributed by atoms with Gasteiger partial charge in [0.2, 0.25) is 5.91 Å². The van der Waals surface area contributed by atoms with Crippen molar-refractivity contribution in [1.29, 1.82) is 0 Å². The topological polar surface area (TPSA) is 110 Å². The van der Waals surface area contributed by atoms with E-state index in [0.29, 0.717) is 23.3 Å². The molecule has 1 heterocycles. The second-order valence-electron chi connectivity index (χ2n) is 5.12. The Bertz CT molecular complexity index is 564. The van der Waals surface area contributed by atoms with Gasteiger partial charge in [0.1, 0.15) is 0 Å². The van der Waals surface area contributed by atoms with E-state index < -0.39 is 16.7 Å². The lowest BCUT2D eigenvalue weighted by Gasteiger charge is -2.36. The number of nitrogens with one attached hydrogen (secondary N) is 1. The minimum Gasteiger partial charge on any atom is -0.289 e. The molecule has 8 heteroatoms. The van der Waals surface area contributed by atoms with E-state index in [9.17, 15) is 18.7 Å². The molecule has 0 radical (unpaired) electrons. The molecule has 0 aliphatic carbocycles. The third-order valence-corrected chi connectivity index (χ3v) is 5.50. The fraction of sp³-hybridized carbons (Fsp3) is 0.429. The second-order valence-corrected chi connectivity index (χ2v) is 7.04. The SMILES string of the molecule is O=C(CCCCCCN1C(=O)c2ccccc2S1(O)O)NO. The zero-order valence-electron chi connectivity index (χ0n) is 12.1. The molecule has 0 spiro atoms. The van der Waals surface area contributed by atoms with E-state index >= 15 is 0 Å². The standard InChI is InChI=1S/C14H20N2O5S/c17-13(15-19)9-3-1-2-6-10-16-14(18)11-7-4-5-8-12(11)22(16,20)21/h4-5,7-8,19-21H,1-3,6,9-10H2,(H,15,17). The van der Waals surface area contributed by atoms with E-state index in [1.165, 1.54) is 0 Å². The molecular weight excluding hydrogens is 308 g/mol. The van der Waals surface area contributed by atoms with Gasteiger partial charge in [0, 0.05) is 13.0 Å². The number of amides is 2. The Kier molecular flexibility index (Phi) is 5.41. The van der Waals surface area contributed by atoms with Gasteiger partial charge in [-0.05, 0) is 25.0 Å². The van der Waals surface area contributed by atoms with Gasteiger partial charge in [-0.15, -0.1) is 0 Å². The zero-order valence-corrected chi connectivity index (χ0v) is 12.9. The smallest absolute Gasteiger partial charge is 0.274 e. The highest BCUT2D eigenvalue weighted by Crippen LogP contribution is 2.58. The summed E-state index contributed by atoms with van der Waals surface area (Å²) in [7, 11) is -3.22. The first kappa shape index (κ1) is 16.8. The van der Waals surface area contributed by atoms with Crippen LogP contribution in [0.15, 0.2) is 29.2 Å². The monoisotopic (exact) mass is 328 g/mol. The van der Waals surface area contributed by atoms with Crippen LogP contribution in [-0.2, 0) is 4.79 Å². The van der Waals surface area contributed by atoms with Gasteiger partial charge in [0.15, 0.2) is 0 Å². The molecule has 0 bridgehead atoms. The molecule has 0 atom stereocenters. The Labute approximate surface area is 130 Å². The Hall–Kier alpha value is -1.61. The summed E-state index contributed by atoms with van der Waals surface area (Å²) in [5, 5.41) is 8.36. The molecule has 122 valence electrons. The lowest BCUT2D eigenvalue weighted by Crippen LogP contribution is -2.28. The molecule has 0 saturated carbocycles. The van der Waals surface area contributed by atoms with Crippen LogP contribution in [0.2, 0.25) is 0 Å². The average molecular weight is 328 g/mol. The Morgan fingerprint density at radius 2 is 1.82 bits per heavy atom. The van der Waals surface area contributed by atoms with Crippen molar-refractivity contribution >= 4 is 22.6 Å². The maximum atomic E-state index is 12.2. The molecular formula is C14H20N2O5S. The van der Waals surface area contributed by atoms with E-state index in [1.807, 2.05) is 0 Å². The first-order valence-corrected chi connectivity index (χ1v) is 8.61. The van der Waals surface area contributed by atoms with Crippen LogP contribution >= 0.6 is 10.8 Å². The highest BCUT2D eigenvalue weighted by Gasteiger charge is 2.40. The van der Waals surface area contributed by atoms with Crippen LogP contribution in [0.3, 0.4) is 0 Å². The number of hydroxylamine groups is 1. The van der Waals surface area contributed by atoms with Crippen molar-refractivity contribution in [3.05, 3.63) is 29.8 Å². The normalized spacial score (nSPS) is 17.2. The molecule has 7 nitrogen and oxygen atoms in total. The van der Waals surface area contributed by atoms with Crippen LogP contribution in [0, 0.1) is 0 Å². The summed E-state index contributed by atoms with van der Waals surface area (Å²) in [5.41, 5.74) is 1.92. The molecule has 1 aliphatic rings. The number of hydrogen-bond acceptors (Lipinski definition) is 5. The van der Waals surface area contributed by atoms with Crippen molar-refractivity contribution < 1.29 is 23.9 Å². The van der Waals surface area contributed by atoms with Gasteiger partial charge in [-0.2, -0.15) is 0 Å². The molecule has 2 rings (SSSR count). The van der Waals surface area contributed by atoms with E-state index in [2.05, 4.69) is 0 Å². The van der Waals surface area contributed by atoms with Gasteiger partial charge in [0.05, 0.1) is 10.5 Å². The molecule has 4 N–H and O–H groups in total. The largest absolute Gasteiger partial charge is 0.289 e. The molecule has 1 aromatic rings. The highest BCUT2D eigenvalue weighted by atomic mass is 32.3. The number of carbonyl (C=O) groups excluding carboxylic acids is 2. The highest BCUT2D eigenvalue weighted by molar-refractivity contribution is 8.23. The minimum atomic E-state index is -3.22. The predicted molar refractivity (Wildman–Crippen MR) is 81.6 cm³/mol. The van der Waals surface area contributed by atoms with Crippen molar-refractivity contribution in [3.8, 4) is 0 Å². The zero-order chi connectivity index (χ0) is 16.2. The number of carbonyl (C=O) groups is 2. The van der Waals surface area contributed by atoms with Crippen molar-refractivity contribution in [3.63, 3.8) is 0 Å². The summed E-state index contributed by atoms with van der Waals surface area (Å²) in [6.45, 7) is 0.266. The molecule has 0 saturated heterocycles. The van der Waals surface area contributed by atoms with Gasteiger partial charge in [0.25, 0.3) is 5.91 Å². The first-order chi connectivity index (χ1) is 10.5. The van der Waals surface area contributed by atoms with E-state index in [1.54, 1.807) is 29.7 Å². The Morgan fingerprint density at radius 3 is 2.50 bits per heavy atom. The quantitative estimate of drug-likeness (QED) is 0.349. The van der Waals surface area contributed by atoms with Crippen molar-refractivity contribution in [2.24, 2.45) is 0 Å². The number of rotatable bonds is 7. The van der Waals surface area contributed by atoms with Gasteiger partial charge in [-0.3, -0.25) is 23.9 Å². The molecule has 0 unspecified atom stereocenters. The van der Waals surface area contributed by atoms with Crippen molar-refractivity contribution in [2.75, 3.05) is 6.54 Å². The van der Waals surface area contributed by atoms with Gasteiger partial charge >= 0.3 is 0 Å². The lowest BCUT2D eigenvalue weighted by molar-refractivity contribution is -0.129. The Balaban J connectivity index is 1.82. The van der Waals surface area contributed by atoms with Crippen LogP contribution in [-0.4, -0.2) is 37.0 Å². The summed E-state index contributed by atoms with van der Waals surface area (Å²) in [6.07, 6.45) is 3.03. The van der Waals surface area contributed by atoms with Crippen LogP contribution in [0.4, 0.5) is 0 Å². The molecule has 1 aliphatic heterocycles. The predicted octanol–water partition coefficient (Wildman–Crippen LogP) is 2.62. The molecule has 0 aromatic heterocycles. The lowest BCUT2D eigenvalue weighted by atomic mass is 10.1. The Morgan fingerprint density at radius 1 is 1.14 bits per heavy atom. The maximum Gasteiger partial charge on any atom is 0.274 e. The fourth-order valence-corrected chi connectivity index (χ4v) is 4.09. The minimum absolute atomic E-state index is 0.250. The van der Waals surface area contributed by atoms with Gasteiger partial charge < -0.3 is 0 Å². The molecule has 0 fully saturated rings. The summed E-state index contributed by atoms with van der Waals surface area (Å²) in [4.78, 5) is 23.3. The van der Waals surface area contributed by atoms with Crippen LogP contribution in [0.1, 0.15) is 42.5 Å². The summed E-state index contributed by atoms with van der Waals surface area (Å²) >= 11 is 0. The van der Waals surface area contributed by atoms with Crippen LogP contribution in [0.5, 0.6) is 0 Å². The third-order valence-electron chi connectivity index (χ3n) is 3.59.